The third-order valence-corrected chi connectivity index (χ3v) is 10.0. The van der Waals surface area contributed by atoms with Gasteiger partial charge >= 0.3 is 6.01 Å². The zero-order valence-electron chi connectivity index (χ0n) is 23.9. The number of rotatable bonds is 4. The van der Waals surface area contributed by atoms with E-state index in [0.717, 1.165) is 93.0 Å². The largest absolute Gasteiger partial charge is 0.461 e. The number of benzene rings is 1. The fraction of sp³-hybridized carbons (Fsp3) is 0.645. The van der Waals surface area contributed by atoms with Crippen LogP contribution < -0.4 is 15.4 Å². The van der Waals surface area contributed by atoms with Crippen molar-refractivity contribution in [1.29, 1.82) is 5.26 Å². The summed E-state index contributed by atoms with van der Waals surface area (Å²) in [7, 11) is 0. The lowest BCUT2D eigenvalue weighted by molar-refractivity contribution is -0.0857. The highest BCUT2D eigenvalue weighted by Gasteiger charge is 2.50. The van der Waals surface area contributed by atoms with Gasteiger partial charge < -0.3 is 24.8 Å². The molecule has 1 aromatic carbocycles. The molecule has 7 rings (SSSR count). The number of anilines is 2. The number of aryl methyl sites for hydroxylation is 1. The van der Waals surface area contributed by atoms with Crippen molar-refractivity contribution in [3.63, 3.8) is 0 Å². The monoisotopic (exact) mass is 562 g/mol. The van der Waals surface area contributed by atoms with Crippen LogP contribution in [0.1, 0.15) is 72.0 Å². The first kappa shape index (κ1) is 26.9. The Balaban J connectivity index is 1.28. The molecule has 1 spiro atoms. The molecule has 0 bridgehead atoms. The summed E-state index contributed by atoms with van der Waals surface area (Å²) in [4.78, 5) is 14.5. The molecule has 3 fully saturated rings. The van der Waals surface area contributed by atoms with Crippen LogP contribution in [0.3, 0.4) is 0 Å². The molecule has 10 heteroatoms. The van der Waals surface area contributed by atoms with Crippen LogP contribution in [0.25, 0.3) is 0 Å². The number of halogens is 1. The molecule has 41 heavy (non-hydrogen) atoms. The van der Waals surface area contributed by atoms with Gasteiger partial charge in [0.25, 0.3) is 0 Å². The first-order valence-corrected chi connectivity index (χ1v) is 15.1. The Kier molecular flexibility index (Phi) is 6.80. The zero-order valence-corrected chi connectivity index (χ0v) is 23.9. The van der Waals surface area contributed by atoms with E-state index in [2.05, 4.69) is 22.8 Å². The van der Waals surface area contributed by atoms with Gasteiger partial charge in [-0.25, -0.2) is 4.39 Å². The van der Waals surface area contributed by atoms with E-state index in [-0.39, 0.29) is 5.54 Å². The van der Waals surface area contributed by atoms with Crippen molar-refractivity contribution in [2.45, 2.75) is 82.2 Å². The van der Waals surface area contributed by atoms with Gasteiger partial charge in [0.2, 0.25) is 0 Å². The fourth-order valence-electron chi connectivity index (χ4n) is 8.08. The van der Waals surface area contributed by atoms with Crippen molar-refractivity contribution in [3.8, 4) is 12.1 Å². The van der Waals surface area contributed by atoms with Crippen molar-refractivity contribution < 1.29 is 18.6 Å². The number of alkyl halides is 1. The van der Waals surface area contributed by atoms with E-state index in [1.54, 1.807) is 0 Å². The van der Waals surface area contributed by atoms with E-state index in [0.29, 0.717) is 56.5 Å². The Bertz CT molecular complexity index is 1390. The van der Waals surface area contributed by atoms with Crippen LogP contribution in [0.4, 0.5) is 15.9 Å². The third kappa shape index (κ3) is 4.53. The molecule has 1 aliphatic carbocycles. The average Bonchev–Trinajstić information content (AvgIpc) is 3.34. The molecular formula is C31H39FN6O3. The Morgan fingerprint density at radius 1 is 1.17 bits per heavy atom. The van der Waals surface area contributed by atoms with Crippen LogP contribution in [0.5, 0.6) is 6.01 Å². The summed E-state index contributed by atoms with van der Waals surface area (Å²) in [6.07, 6.45) is 5.76. The molecule has 2 aromatic rings. The number of nitriles is 1. The maximum Gasteiger partial charge on any atom is 0.318 e. The van der Waals surface area contributed by atoms with E-state index in [9.17, 15) is 9.65 Å². The van der Waals surface area contributed by atoms with Crippen molar-refractivity contribution in [2.24, 2.45) is 0 Å². The highest BCUT2D eigenvalue weighted by atomic mass is 19.1. The minimum absolute atomic E-state index is 0.279. The molecule has 3 saturated heterocycles. The molecule has 0 radical (unpaired) electrons. The number of nitrogens with two attached hydrogens (primary N) is 1. The second-order valence-corrected chi connectivity index (χ2v) is 12.5. The Morgan fingerprint density at radius 3 is 2.95 bits per heavy atom. The highest BCUT2D eigenvalue weighted by Crippen LogP contribution is 2.49. The van der Waals surface area contributed by atoms with E-state index < -0.39 is 11.8 Å². The maximum atomic E-state index is 14.4. The highest BCUT2D eigenvalue weighted by molar-refractivity contribution is 5.65. The van der Waals surface area contributed by atoms with Gasteiger partial charge in [-0.3, -0.25) is 4.90 Å². The van der Waals surface area contributed by atoms with Crippen molar-refractivity contribution in [2.75, 3.05) is 56.6 Å². The first-order valence-electron chi connectivity index (χ1n) is 15.1. The zero-order chi connectivity index (χ0) is 28.2. The normalized spacial score (nSPS) is 29.5. The number of nitrogens with zero attached hydrogens (tertiary/aromatic N) is 5. The summed E-state index contributed by atoms with van der Waals surface area (Å²) in [6, 6.07) is 4.64. The van der Waals surface area contributed by atoms with E-state index in [1.165, 1.54) is 5.56 Å². The molecule has 9 nitrogen and oxygen atoms in total. The Hall–Kier alpha value is -3.00. The summed E-state index contributed by atoms with van der Waals surface area (Å²) in [5.41, 5.74) is 11.5. The third-order valence-electron chi connectivity index (χ3n) is 10.0. The molecule has 5 aliphatic rings. The fourth-order valence-corrected chi connectivity index (χ4v) is 8.08. The van der Waals surface area contributed by atoms with Crippen LogP contribution >= 0.6 is 0 Å². The number of fused-ring (bicyclic) bond motifs is 4. The number of nitrogen functional groups attached to an aromatic ring is 1. The summed E-state index contributed by atoms with van der Waals surface area (Å²) in [5.74, 6) is 0.834. The maximum absolute atomic E-state index is 14.4. The summed E-state index contributed by atoms with van der Waals surface area (Å²) in [5, 5.41) is 10.1. The topological polar surface area (TPSA) is 110 Å². The van der Waals surface area contributed by atoms with E-state index >= 15 is 0 Å². The second-order valence-electron chi connectivity index (χ2n) is 12.5. The summed E-state index contributed by atoms with van der Waals surface area (Å²) < 4.78 is 33.4. The molecule has 2 N–H and O–H groups in total. The van der Waals surface area contributed by atoms with Gasteiger partial charge in [-0.2, -0.15) is 15.2 Å². The molecular weight excluding hydrogens is 523 g/mol. The quantitative estimate of drug-likeness (QED) is 0.558. The minimum Gasteiger partial charge on any atom is -0.461 e. The number of hydrogen-bond donors (Lipinski definition) is 1. The van der Waals surface area contributed by atoms with E-state index in [1.807, 2.05) is 6.07 Å². The summed E-state index contributed by atoms with van der Waals surface area (Å²) in [6.45, 7) is 7.11. The summed E-state index contributed by atoms with van der Waals surface area (Å²) >= 11 is 0. The van der Waals surface area contributed by atoms with Gasteiger partial charge in [0, 0.05) is 50.2 Å². The van der Waals surface area contributed by atoms with Gasteiger partial charge in [0.1, 0.15) is 30.3 Å². The first-order chi connectivity index (χ1) is 19.9. The Morgan fingerprint density at radius 2 is 2.07 bits per heavy atom. The molecule has 0 unspecified atom stereocenters. The predicted octanol–water partition coefficient (Wildman–Crippen LogP) is 3.73. The van der Waals surface area contributed by atoms with Crippen LogP contribution in [-0.2, 0) is 34.5 Å². The lowest BCUT2D eigenvalue weighted by Crippen LogP contribution is -2.44. The molecule has 0 saturated carbocycles. The predicted molar refractivity (Wildman–Crippen MR) is 152 cm³/mol. The van der Waals surface area contributed by atoms with Crippen molar-refractivity contribution >= 4 is 11.5 Å². The van der Waals surface area contributed by atoms with Gasteiger partial charge in [-0.15, -0.1) is 0 Å². The lowest BCUT2D eigenvalue weighted by Gasteiger charge is -2.44. The molecule has 4 aliphatic heterocycles. The van der Waals surface area contributed by atoms with E-state index in [4.69, 9.17) is 29.9 Å². The number of hydrogen-bond acceptors (Lipinski definition) is 9. The molecule has 218 valence electrons. The standard InChI is InChI=1S/C31H39FN6O3/c1-20-13-25(34)23(16-33)27-22(20)5-2-7-31(27)15-26-24(18-41-31)28(37-8-4-11-39-12-10-37)36-29(35-26)40-19-30-6-3-9-38(30)17-21(32)14-30/h13,21H,2-12,14-15,17-19,34H2,1H3/t21-,30+,31+/m1/s1. The van der Waals surface area contributed by atoms with Crippen molar-refractivity contribution in [1.82, 2.24) is 14.9 Å². The Labute approximate surface area is 240 Å². The molecule has 3 atom stereocenters. The SMILES string of the molecule is Cc1cc(N)c(C#N)c2c1CCC[C@]21Cc2nc(OC[C@@]34CCCN3C[C@H](F)C4)nc(N3CCCOCC3)c2CO1. The smallest absolute Gasteiger partial charge is 0.318 e. The van der Waals surface area contributed by atoms with Crippen molar-refractivity contribution in [3.05, 3.63) is 39.6 Å². The van der Waals surface area contributed by atoms with Crippen LogP contribution in [0, 0.1) is 18.3 Å². The van der Waals surface area contributed by atoms with Gasteiger partial charge in [-0.1, -0.05) is 0 Å². The van der Waals surface area contributed by atoms with Gasteiger partial charge in [-0.05, 0) is 69.2 Å². The number of ether oxygens (including phenoxy) is 3. The van der Waals surface area contributed by atoms with Crippen LogP contribution in [0.2, 0.25) is 0 Å². The number of aromatic nitrogens is 2. The second kappa shape index (κ2) is 10.4. The molecule has 1 aromatic heterocycles. The molecule has 5 heterocycles. The lowest BCUT2D eigenvalue weighted by atomic mass is 9.71. The molecule has 0 amide bonds. The van der Waals surface area contributed by atoms with Crippen LogP contribution in [0.15, 0.2) is 6.07 Å². The average molecular weight is 563 g/mol. The minimum atomic E-state index is -0.815. The van der Waals surface area contributed by atoms with Crippen LogP contribution in [-0.4, -0.2) is 72.6 Å². The van der Waals surface area contributed by atoms with Gasteiger partial charge in [0.05, 0.1) is 35.7 Å². The van der Waals surface area contributed by atoms with Gasteiger partial charge in [0.15, 0.2) is 0 Å².